The van der Waals surface area contributed by atoms with Crippen molar-refractivity contribution in [1.29, 1.82) is 0 Å². The fourth-order valence-electron chi connectivity index (χ4n) is 1.16. The number of hydrogen-bond acceptors (Lipinski definition) is 3. The summed E-state index contributed by atoms with van der Waals surface area (Å²) in [5.41, 5.74) is -0.545. The van der Waals surface area contributed by atoms with E-state index in [2.05, 4.69) is 26.1 Å². The van der Waals surface area contributed by atoms with E-state index in [1.807, 2.05) is 0 Å². The Morgan fingerprint density at radius 1 is 1.25 bits per heavy atom. The molecular weight excluding hydrogens is 289 g/mol. The highest BCUT2D eigenvalue weighted by Crippen LogP contribution is 2.35. The largest absolute Gasteiger partial charge is 0.423 e. The first-order chi connectivity index (χ1) is 7.48. The molecular formula is C9H4BrF3N2O. The van der Waals surface area contributed by atoms with Crippen LogP contribution in [-0.4, -0.2) is 10.2 Å². The molecule has 0 amide bonds. The van der Waals surface area contributed by atoms with Crippen molar-refractivity contribution in [2.45, 2.75) is 6.18 Å². The van der Waals surface area contributed by atoms with Gasteiger partial charge in [0.25, 0.3) is 0 Å². The van der Waals surface area contributed by atoms with Gasteiger partial charge in [-0.25, -0.2) is 0 Å². The minimum absolute atomic E-state index is 0.0398. The van der Waals surface area contributed by atoms with Crippen molar-refractivity contribution in [2.24, 2.45) is 0 Å². The molecule has 2 aromatic rings. The molecule has 0 spiro atoms. The molecule has 0 aliphatic carbocycles. The van der Waals surface area contributed by atoms with Crippen LogP contribution in [0.25, 0.3) is 11.5 Å². The van der Waals surface area contributed by atoms with E-state index >= 15 is 0 Å². The molecule has 0 unspecified atom stereocenters. The standard InChI is InChI=1S/C9H4BrF3N2O/c10-7-2-1-5(9(11,12)13)3-6(7)8-15-14-4-16-8/h1-4H. The summed E-state index contributed by atoms with van der Waals surface area (Å²) in [5, 5.41) is 6.97. The zero-order valence-corrected chi connectivity index (χ0v) is 9.21. The Balaban J connectivity index is 2.54. The summed E-state index contributed by atoms with van der Waals surface area (Å²) >= 11 is 3.12. The Morgan fingerprint density at radius 3 is 2.56 bits per heavy atom. The van der Waals surface area contributed by atoms with Crippen molar-refractivity contribution >= 4 is 15.9 Å². The highest BCUT2D eigenvalue weighted by molar-refractivity contribution is 9.10. The maximum atomic E-state index is 12.5. The van der Waals surface area contributed by atoms with Crippen LogP contribution in [0.3, 0.4) is 0 Å². The zero-order chi connectivity index (χ0) is 11.8. The fraction of sp³-hybridized carbons (Fsp3) is 0.111. The van der Waals surface area contributed by atoms with E-state index in [0.29, 0.717) is 4.47 Å². The van der Waals surface area contributed by atoms with Crippen LogP contribution in [-0.2, 0) is 6.18 Å². The van der Waals surface area contributed by atoms with Crippen molar-refractivity contribution in [1.82, 2.24) is 10.2 Å². The molecule has 3 nitrogen and oxygen atoms in total. The summed E-state index contributed by atoms with van der Waals surface area (Å²) in [5.74, 6) is 0.0398. The minimum atomic E-state index is -4.39. The SMILES string of the molecule is FC(F)(F)c1ccc(Br)c(-c2nnco2)c1. The molecule has 1 aromatic heterocycles. The van der Waals surface area contributed by atoms with E-state index in [1.54, 1.807) is 0 Å². The highest BCUT2D eigenvalue weighted by atomic mass is 79.9. The van der Waals surface area contributed by atoms with Crippen LogP contribution in [0.2, 0.25) is 0 Å². The molecule has 0 saturated heterocycles. The van der Waals surface area contributed by atoms with Gasteiger partial charge in [-0.3, -0.25) is 0 Å². The summed E-state index contributed by atoms with van der Waals surface area (Å²) in [6.07, 6.45) is -3.34. The van der Waals surface area contributed by atoms with Gasteiger partial charge in [0.2, 0.25) is 12.3 Å². The van der Waals surface area contributed by atoms with Gasteiger partial charge in [0, 0.05) is 4.47 Å². The lowest BCUT2D eigenvalue weighted by atomic mass is 10.1. The Hall–Kier alpha value is -1.37. The van der Waals surface area contributed by atoms with Gasteiger partial charge in [-0.15, -0.1) is 10.2 Å². The third-order valence-corrected chi connectivity index (χ3v) is 2.58. The average Bonchev–Trinajstić information content (AvgIpc) is 2.69. The maximum absolute atomic E-state index is 12.5. The van der Waals surface area contributed by atoms with Crippen LogP contribution in [0.1, 0.15) is 5.56 Å². The molecule has 0 N–H and O–H groups in total. The predicted octanol–water partition coefficient (Wildman–Crippen LogP) is 3.52. The molecule has 7 heteroatoms. The van der Waals surface area contributed by atoms with Gasteiger partial charge in [0.15, 0.2) is 0 Å². The van der Waals surface area contributed by atoms with E-state index in [-0.39, 0.29) is 11.5 Å². The highest BCUT2D eigenvalue weighted by Gasteiger charge is 2.31. The summed E-state index contributed by atoms with van der Waals surface area (Å²) < 4.78 is 42.7. The van der Waals surface area contributed by atoms with Crippen LogP contribution in [0.15, 0.2) is 33.5 Å². The second-order valence-corrected chi connectivity index (χ2v) is 3.79. The monoisotopic (exact) mass is 292 g/mol. The quantitative estimate of drug-likeness (QED) is 0.807. The summed E-state index contributed by atoms with van der Waals surface area (Å²) in [7, 11) is 0. The summed E-state index contributed by atoms with van der Waals surface area (Å²) in [4.78, 5) is 0. The average molecular weight is 293 g/mol. The smallest absolute Gasteiger partial charge is 0.416 e. The van der Waals surface area contributed by atoms with Gasteiger partial charge < -0.3 is 4.42 Å². The molecule has 0 saturated carbocycles. The van der Waals surface area contributed by atoms with Crippen LogP contribution >= 0.6 is 15.9 Å². The summed E-state index contributed by atoms with van der Waals surface area (Å²) in [6, 6.07) is 3.23. The van der Waals surface area contributed by atoms with Crippen molar-refractivity contribution in [2.75, 3.05) is 0 Å². The Bertz CT molecular complexity index is 496. The number of rotatable bonds is 1. The molecule has 0 atom stereocenters. The molecule has 2 rings (SSSR count). The van der Waals surface area contributed by atoms with Gasteiger partial charge in [0.05, 0.1) is 11.1 Å². The molecule has 0 fully saturated rings. The van der Waals surface area contributed by atoms with Gasteiger partial charge >= 0.3 is 6.18 Å². The van der Waals surface area contributed by atoms with Crippen molar-refractivity contribution in [3.05, 3.63) is 34.6 Å². The van der Waals surface area contributed by atoms with Gasteiger partial charge in [0.1, 0.15) is 0 Å². The molecule has 16 heavy (non-hydrogen) atoms. The minimum Gasteiger partial charge on any atom is -0.423 e. The van der Waals surface area contributed by atoms with Gasteiger partial charge in [-0.2, -0.15) is 13.2 Å². The Morgan fingerprint density at radius 2 is 2.00 bits per heavy atom. The maximum Gasteiger partial charge on any atom is 0.416 e. The van der Waals surface area contributed by atoms with Crippen LogP contribution in [0.5, 0.6) is 0 Å². The molecule has 84 valence electrons. The lowest BCUT2D eigenvalue weighted by Crippen LogP contribution is -2.04. The number of nitrogens with zero attached hydrogens (tertiary/aromatic N) is 2. The number of alkyl halides is 3. The zero-order valence-electron chi connectivity index (χ0n) is 7.62. The van der Waals surface area contributed by atoms with E-state index in [1.165, 1.54) is 6.07 Å². The molecule has 1 aromatic carbocycles. The molecule has 1 heterocycles. The second-order valence-electron chi connectivity index (χ2n) is 2.94. The van der Waals surface area contributed by atoms with Gasteiger partial charge in [-0.05, 0) is 34.1 Å². The van der Waals surface area contributed by atoms with E-state index < -0.39 is 11.7 Å². The van der Waals surface area contributed by atoms with Gasteiger partial charge in [-0.1, -0.05) is 0 Å². The molecule has 0 aliphatic heterocycles. The first-order valence-electron chi connectivity index (χ1n) is 4.12. The number of aromatic nitrogens is 2. The first-order valence-corrected chi connectivity index (χ1v) is 4.91. The molecule has 0 bridgehead atoms. The fourth-order valence-corrected chi connectivity index (χ4v) is 1.57. The third kappa shape index (κ3) is 2.08. The van der Waals surface area contributed by atoms with Crippen molar-refractivity contribution < 1.29 is 17.6 Å². The molecule has 0 radical (unpaired) electrons. The van der Waals surface area contributed by atoms with E-state index in [9.17, 15) is 13.2 Å². The third-order valence-electron chi connectivity index (χ3n) is 1.88. The normalized spacial score (nSPS) is 11.8. The second kappa shape index (κ2) is 3.89. The number of hydrogen-bond donors (Lipinski definition) is 0. The van der Waals surface area contributed by atoms with Crippen LogP contribution < -0.4 is 0 Å². The number of benzene rings is 1. The predicted molar refractivity (Wildman–Crippen MR) is 52.4 cm³/mol. The van der Waals surface area contributed by atoms with Crippen molar-refractivity contribution in [3.63, 3.8) is 0 Å². The van der Waals surface area contributed by atoms with Crippen LogP contribution in [0, 0.1) is 0 Å². The van der Waals surface area contributed by atoms with Crippen molar-refractivity contribution in [3.8, 4) is 11.5 Å². The lowest BCUT2D eigenvalue weighted by molar-refractivity contribution is -0.137. The Labute approximate surface area is 96.4 Å². The number of halogens is 4. The first kappa shape index (κ1) is 11.1. The van der Waals surface area contributed by atoms with Crippen LogP contribution in [0.4, 0.5) is 13.2 Å². The van der Waals surface area contributed by atoms with E-state index in [0.717, 1.165) is 18.5 Å². The van der Waals surface area contributed by atoms with E-state index in [4.69, 9.17) is 4.42 Å². The Kier molecular flexibility index (Phi) is 2.71. The lowest BCUT2D eigenvalue weighted by Gasteiger charge is -2.08. The molecule has 0 aliphatic rings. The topological polar surface area (TPSA) is 38.9 Å². The summed E-state index contributed by atoms with van der Waals surface area (Å²) in [6.45, 7) is 0.